The molecule has 1 fully saturated rings. The van der Waals surface area contributed by atoms with Gasteiger partial charge in [-0.1, -0.05) is 36.4 Å². The molecule has 13 heteroatoms. The van der Waals surface area contributed by atoms with Crippen molar-refractivity contribution in [1.82, 2.24) is 40.7 Å². The highest BCUT2D eigenvalue weighted by molar-refractivity contribution is 5.93. The van der Waals surface area contributed by atoms with Crippen LogP contribution in [0.2, 0.25) is 0 Å². The minimum atomic E-state index is -2.72. The van der Waals surface area contributed by atoms with E-state index in [0.29, 0.717) is 54.2 Å². The van der Waals surface area contributed by atoms with Crippen LogP contribution in [0.3, 0.4) is 0 Å². The third-order valence-corrected chi connectivity index (χ3v) is 8.06. The Morgan fingerprint density at radius 3 is 2.57 bits per heavy atom. The number of hydrazone groups is 1. The van der Waals surface area contributed by atoms with Crippen molar-refractivity contribution in [2.45, 2.75) is 25.3 Å². The van der Waals surface area contributed by atoms with Crippen molar-refractivity contribution in [3.8, 4) is 22.6 Å². The van der Waals surface area contributed by atoms with Crippen molar-refractivity contribution >= 4 is 22.8 Å². The molecule has 0 spiro atoms. The molecular formula is C31H29F2N9O2. The summed E-state index contributed by atoms with van der Waals surface area (Å²) >= 11 is 0. The Hall–Kier alpha value is -5.17. The number of oxazole rings is 1. The number of alkyl halides is 2. The van der Waals surface area contributed by atoms with E-state index in [0.717, 1.165) is 16.7 Å². The third-order valence-electron chi connectivity index (χ3n) is 8.06. The molecule has 1 amide bonds. The zero-order chi connectivity index (χ0) is 30.2. The molecule has 2 aliphatic rings. The second kappa shape index (κ2) is 11.5. The summed E-state index contributed by atoms with van der Waals surface area (Å²) < 4.78 is 34.3. The van der Waals surface area contributed by atoms with E-state index >= 15 is 0 Å². The maximum Gasteiger partial charge on any atom is 0.298 e. The Morgan fingerprint density at radius 2 is 1.84 bits per heavy atom. The van der Waals surface area contributed by atoms with Crippen LogP contribution in [0.25, 0.3) is 33.7 Å². The lowest BCUT2D eigenvalue weighted by Gasteiger charge is -2.39. The molecule has 1 saturated heterocycles. The van der Waals surface area contributed by atoms with Crippen LogP contribution in [0.4, 0.5) is 8.78 Å². The smallest absolute Gasteiger partial charge is 0.298 e. The number of hydrogen-bond donors (Lipinski definition) is 2. The van der Waals surface area contributed by atoms with Gasteiger partial charge in [0.15, 0.2) is 5.58 Å². The molecule has 0 aliphatic carbocycles. The summed E-state index contributed by atoms with van der Waals surface area (Å²) in [5, 5.41) is 9.52. The molecular weight excluding hydrogens is 568 g/mol. The van der Waals surface area contributed by atoms with E-state index in [1.807, 2.05) is 61.8 Å². The predicted molar refractivity (Wildman–Crippen MR) is 159 cm³/mol. The van der Waals surface area contributed by atoms with Crippen molar-refractivity contribution in [3.63, 3.8) is 0 Å². The van der Waals surface area contributed by atoms with Crippen LogP contribution in [-0.4, -0.2) is 61.0 Å². The molecule has 5 heterocycles. The average Bonchev–Trinajstić information content (AvgIpc) is 3.82. The van der Waals surface area contributed by atoms with Gasteiger partial charge >= 0.3 is 0 Å². The molecule has 2 aromatic carbocycles. The first kappa shape index (κ1) is 27.7. The van der Waals surface area contributed by atoms with E-state index in [4.69, 9.17) is 4.42 Å². The molecule has 3 aromatic heterocycles. The number of carbonyl (C=O) groups is 1. The Morgan fingerprint density at radius 1 is 1.02 bits per heavy atom. The van der Waals surface area contributed by atoms with Gasteiger partial charge in [-0.15, -0.1) is 10.2 Å². The normalized spacial score (nSPS) is 16.6. The highest BCUT2D eigenvalue weighted by Gasteiger charge is 2.37. The van der Waals surface area contributed by atoms with E-state index in [2.05, 4.69) is 31.1 Å². The summed E-state index contributed by atoms with van der Waals surface area (Å²) in [5.74, 6) is -0.126. The fourth-order valence-corrected chi connectivity index (χ4v) is 5.85. The minimum absolute atomic E-state index is 0.0734. The number of fused-ring (bicyclic) bond motifs is 1. The number of rotatable bonds is 7. The summed E-state index contributed by atoms with van der Waals surface area (Å²) in [4.78, 5) is 24.4. The van der Waals surface area contributed by atoms with Crippen LogP contribution < -0.4 is 11.0 Å². The van der Waals surface area contributed by atoms with E-state index < -0.39 is 12.3 Å². The molecule has 7 rings (SSSR count). The van der Waals surface area contributed by atoms with Gasteiger partial charge in [0, 0.05) is 43.7 Å². The van der Waals surface area contributed by atoms with Gasteiger partial charge in [0.25, 0.3) is 12.3 Å². The lowest BCUT2D eigenvalue weighted by atomic mass is 9.85. The molecule has 44 heavy (non-hydrogen) atoms. The monoisotopic (exact) mass is 597 g/mol. The van der Waals surface area contributed by atoms with Crippen LogP contribution >= 0.6 is 0 Å². The number of amides is 1. The molecule has 0 saturated carbocycles. The first-order valence-electron chi connectivity index (χ1n) is 14.3. The largest absolute Gasteiger partial charge is 0.436 e. The van der Waals surface area contributed by atoms with Crippen molar-refractivity contribution in [3.05, 3.63) is 90.5 Å². The Kier molecular flexibility index (Phi) is 7.22. The fraction of sp³-hybridized carbons (Fsp3) is 0.258. The summed E-state index contributed by atoms with van der Waals surface area (Å²) in [5.41, 5.74) is 10.6. The summed E-state index contributed by atoms with van der Waals surface area (Å²) in [6, 6.07) is 18.7. The second-order valence-corrected chi connectivity index (χ2v) is 10.9. The van der Waals surface area contributed by atoms with Gasteiger partial charge in [-0.05, 0) is 54.2 Å². The Labute approximate surface area is 251 Å². The first-order valence-corrected chi connectivity index (χ1v) is 14.3. The number of nitrogens with one attached hydrogen (secondary N) is 2. The van der Waals surface area contributed by atoms with Crippen LogP contribution in [0.5, 0.6) is 0 Å². The third kappa shape index (κ3) is 5.37. The Balaban J connectivity index is 1.05. The van der Waals surface area contributed by atoms with Gasteiger partial charge in [0.05, 0.1) is 12.2 Å². The zero-order valence-electron chi connectivity index (χ0n) is 23.8. The average molecular weight is 598 g/mol. The van der Waals surface area contributed by atoms with Crippen LogP contribution in [0, 0.1) is 5.92 Å². The zero-order valence-corrected chi connectivity index (χ0v) is 23.8. The number of carbonyl (C=O) groups excluding carboxylic acids is 1. The highest BCUT2D eigenvalue weighted by Crippen LogP contribution is 2.35. The minimum Gasteiger partial charge on any atom is -0.436 e. The lowest BCUT2D eigenvalue weighted by molar-refractivity contribution is 0.0334. The number of aryl methyl sites for hydroxylation is 1. The molecule has 5 aromatic rings. The number of amidine groups is 1. The molecule has 0 radical (unpaired) electrons. The number of hydrazine groups is 2. The van der Waals surface area contributed by atoms with E-state index in [1.54, 1.807) is 34.1 Å². The maximum absolute atomic E-state index is 13.5. The number of piperidine rings is 1. The molecule has 0 bridgehead atoms. The number of halogens is 2. The van der Waals surface area contributed by atoms with E-state index in [9.17, 15) is 13.6 Å². The number of hydrogen-bond acceptors (Lipinski definition) is 9. The fourth-order valence-electron chi connectivity index (χ4n) is 5.85. The lowest BCUT2D eigenvalue weighted by Crippen LogP contribution is -2.50. The molecule has 1 atom stereocenters. The van der Waals surface area contributed by atoms with Crippen LogP contribution in [-0.2, 0) is 7.05 Å². The van der Waals surface area contributed by atoms with E-state index in [1.165, 1.54) is 5.12 Å². The molecule has 2 aliphatic heterocycles. The van der Waals surface area contributed by atoms with Gasteiger partial charge in [0.2, 0.25) is 11.7 Å². The summed E-state index contributed by atoms with van der Waals surface area (Å²) in [6.07, 6.45) is 3.93. The van der Waals surface area contributed by atoms with Gasteiger partial charge in [-0.3, -0.25) is 19.9 Å². The summed E-state index contributed by atoms with van der Waals surface area (Å²) in [7, 11) is 1.87. The number of benzene rings is 2. The SMILES string of the molecule is Cn1cc(-c2ccc3oc(-c4ccnc(C(=O)N5CCC(C(c6ccccc6)N6NN=C(C(F)F)N6)CC5)c4)nc3c2)cn1. The number of likely N-dealkylation sites (tertiary alicyclic amines) is 1. The Bertz CT molecular complexity index is 1830. The standard InChI is InChI=1S/C31H29F2N9O2/c1-40-18-23(17-35-40)21-7-8-26-24(15-21)36-30(44-26)22-9-12-34-25(16-22)31(43)41-13-10-20(11-14-41)27(19-5-3-2-4-6-19)42-38-29(28(32)33)37-39-42/h2-9,12,15-18,20,27-28,39H,10-11,13-14H2,1H3,(H,37,38). The van der Waals surface area contributed by atoms with Gasteiger partial charge in [0.1, 0.15) is 11.2 Å². The van der Waals surface area contributed by atoms with Crippen molar-refractivity contribution in [2.24, 2.45) is 18.1 Å². The van der Waals surface area contributed by atoms with Crippen LogP contribution in [0.15, 0.2) is 88.8 Å². The van der Waals surface area contributed by atoms with E-state index in [-0.39, 0.29) is 17.9 Å². The van der Waals surface area contributed by atoms with Gasteiger partial charge in [-0.2, -0.15) is 5.10 Å². The quantitative estimate of drug-likeness (QED) is 0.275. The van der Waals surface area contributed by atoms with Crippen molar-refractivity contribution in [2.75, 3.05) is 13.1 Å². The number of aromatic nitrogens is 4. The molecule has 1 unspecified atom stereocenters. The maximum atomic E-state index is 13.5. The second-order valence-electron chi connectivity index (χ2n) is 10.9. The number of pyridine rings is 1. The highest BCUT2D eigenvalue weighted by atomic mass is 19.3. The van der Waals surface area contributed by atoms with Crippen molar-refractivity contribution in [1.29, 1.82) is 0 Å². The van der Waals surface area contributed by atoms with Crippen LogP contribution in [0.1, 0.15) is 34.9 Å². The number of nitrogens with zero attached hydrogens (tertiary/aromatic N) is 7. The van der Waals surface area contributed by atoms with Crippen molar-refractivity contribution < 1.29 is 18.0 Å². The summed E-state index contributed by atoms with van der Waals surface area (Å²) in [6.45, 7) is 0.990. The van der Waals surface area contributed by atoms with Gasteiger partial charge in [-0.25, -0.2) is 19.3 Å². The predicted octanol–water partition coefficient (Wildman–Crippen LogP) is 4.79. The van der Waals surface area contributed by atoms with Gasteiger partial charge < -0.3 is 9.32 Å². The first-order chi connectivity index (χ1) is 21.4. The molecule has 2 N–H and O–H groups in total. The molecule has 224 valence electrons. The molecule has 11 nitrogen and oxygen atoms in total. The topological polar surface area (TPSA) is 117 Å².